The first kappa shape index (κ1) is 15.4. The average molecular weight is 260 g/mol. The molecule has 2 rings (SSSR count). The second-order valence-electron chi connectivity index (χ2n) is 5.32. The minimum Gasteiger partial charge on any atom is -0.353 e. The zero-order valence-corrected chi connectivity index (χ0v) is 11.9. The molecule has 1 aromatic rings. The van der Waals surface area contributed by atoms with Gasteiger partial charge in [-0.2, -0.15) is 0 Å². The van der Waals surface area contributed by atoms with E-state index in [4.69, 9.17) is 5.41 Å². The molecule has 1 amide bonds. The van der Waals surface area contributed by atoms with Crippen molar-refractivity contribution >= 4 is 12.6 Å². The van der Waals surface area contributed by atoms with Crippen molar-refractivity contribution in [2.24, 2.45) is 11.8 Å². The van der Waals surface area contributed by atoms with Crippen LogP contribution in [0.1, 0.15) is 32.3 Å². The lowest BCUT2D eigenvalue weighted by molar-refractivity contribution is -0.126. The largest absolute Gasteiger partial charge is 0.353 e. The summed E-state index contributed by atoms with van der Waals surface area (Å²) in [6.45, 7) is 6.75. The highest BCUT2D eigenvalue weighted by Gasteiger charge is 2.28. The van der Waals surface area contributed by atoms with Crippen molar-refractivity contribution in [2.75, 3.05) is 0 Å². The molecule has 104 valence electrons. The number of amides is 1. The van der Waals surface area contributed by atoms with E-state index in [-0.39, 0.29) is 11.8 Å². The van der Waals surface area contributed by atoms with Gasteiger partial charge in [-0.25, -0.2) is 0 Å². The summed E-state index contributed by atoms with van der Waals surface area (Å²) in [5.41, 5.74) is 1.25. The molecule has 1 aliphatic rings. The van der Waals surface area contributed by atoms with E-state index in [1.807, 2.05) is 18.2 Å². The standard InChI is InChI=1S/C15H21NO.CH3N/c1-11(2)14(15(17)16-13-8-9-13)10-12-6-4-3-5-7-12;1-2/h3-7,11,13-14H,8-10H2,1-2H3,(H,16,17);2H,1H2. The minimum atomic E-state index is 0.0954. The molecule has 0 spiro atoms. The van der Waals surface area contributed by atoms with Gasteiger partial charge in [0.2, 0.25) is 5.91 Å². The maximum Gasteiger partial charge on any atom is 0.223 e. The molecule has 0 radical (unpaired) electrons. The number of benzene rings is 1. The first-order chi connectivity index (χ1) is 9.16. The van der Waals surface area contributed by atoms with Gasteiger partial charge in [-0.15, -0.1) is 0 Å². The molecule has 1 atom stereocenters. The van der Waals surface area contributed by atoms with Gasteiger partial charge in [0, 0.05) is 12.0 Å². The number of carbonyl (C=O) groups is 1. The normalized spacial score (nSPS) is 15.3. The van der Waals surface area contributed by atoms with Gasteiger partial charge in [0.1, 0.15) is 0 Å². The number of hydrogen-bond donors (Lipinski definition) is 2. The van der Waals surface area contributed by atoms with Gasteiger partial charge >= 0.3 is 0 Å². The van der Waals surface area contributed by atoms with Crippen molar-refractivity contribution < 1.29 is 4.79 Å². The van der Waals surface area contributed by atoms with Crippen LogP contribution in [0.25, 0.3) is 0 Å². The maximum absolute atomic E-state index is 12.1. The van der Waals surface area contributed by atoms with Crippen LogP contribution in [0.3, 0.4) is 0 Å². The topological polar surface area (TPSA) is 53.0 Å². The van der Waals surface area contributed by atoms with Crippen molar-refractivity contribution in [3.05, 3.63) is 35.9 Å². The Balaban J connectivity index is 0.000000861. The average Bonchev–Trinajstić information content (AvgIpc) is 3.23. The van der Waals surface area contributed by atoms with E-state index in [0.717, 1.165) is 19.3 Å². The predicted molar refractivity (Wildman–Crippen MR) is 79.5 cm³/mol. The highest BCUT2D eigenvalue weighted by Crippen LogP contribution is 2.22. The Kier molecular flexibility index (Phi) is 6.26. The number of rotatable bonds is 5. The zero-order valence-electron chi connectivity index (χ0n) is 11.9. The second-order valence-corrected chi connectivity index (χ2v) is 5.32. The van der Waals surface area contributed by atoms with Gasteiger partial charge in [0.15, 0.2) is 0 Å². The number of carbonyl (C=O) groups excluding carboxylic acids is 1. The molecule has 1 saturated carbocycles. The lowest BCUT2D eigenvalue weighted by atomic mass is 9.88. The van der Waals surface area contributed by atoms with Crippen molar-refractivity contribution in [2.45, 2.75) is 39.2 Å². The SMILES string of the molecule is C=N.CC(C)C(Cc1ccccc1)C(=O)NC1CC1. The zero-order chi connectivity index (χ0) is 14.3. The summed E-state index contributed by atoms with van der Waals surface area (Å²) in [5, 5.41) is 8.62. The number of hydrogen-bond acceptors (Lipinski definition) is 2. The molecule has 0 bridgehead atoms. The first-order valence-corrected chi connectivity index (χ1v) is 6.86. The molecule has 0 heterocycles. The lowest BCUT2D eigenvalue weighted by Crippen LogP contribution is -2.36. The van der Waals surface area contributed by atoms with Gasteiger partial charge < -0.3 is 10.7 Å². The molecule has 19 heavy (non-hydrogen) atoms. The summed E-state index contributed by atoms with van der Waals surface area (Å²) in [6, 6.07) is 10.7. The summed E-state index contributed by atoms with van der Waals surface area (Å²) >= 11 is 0. The Labute approximate surface area is 115 Å². The van der Waals surface area contributed by atoms with E-state index in [2.05, 4.69) is 38.0 Å². The minimum absolute atomic E-state index is 0.0954. The Morgan fingerprint density at radius 1 is 1.32 bits per heavy atom. The lowest BCUT2D eigenvalue weighted by Gasteiger charge is -2.20. The van der Waals surface area contributed by atoms with Crippen LogP contribution in [0.5, 0.6) is 0 Å². The summed E-state index contributed by atoms with van der Waals surface area (Å²) in [6.07, 6.45) is 3.15. The van der Waals surface area contributed by atoms with E-state index in [1.165, 1.54) is 5.56 Å². The monoisotopic (exact) mass is 260 g/mol. The third-order valence-electron chi connectivity index (χ3n) is 3.36. The molecule has 1 unspecified atom stereocenters. The van der Waals surface area contributed by atoms with Crippen molar-refractivity contribution in [1.82, 2.24) is 5.32 Å². The van der Waals surface area contributed by atoms with Crippen LogP contribution >= 0.6 is 0 Å². The van der Waals surface area contributed by atoms with Gasteiger partial charge in [0.05, 0.1) is 0 Å². The third-order valence-corrected chi connectivity index (χ3v) is 3.36. The summed E-state index contributed by atoms with van der Waals surface area (Å²) in [7, 11) is 0. The molecule has 0 aliphatic heterocycles. The van der Waals surface area contributed by atoms with Crippen LogP contribution in [0, 0.1) is 17.2 Å². The maximum atomic E-state index is 12.1. The van der Waals surface area contributed by atoms with Crippen molar-refractivity contribution in [1.29, 1.82) is 5.41 Å². The quantitative estimate of drug-likeness (QED) is 0.785. The fourth-order valence-corrected chi connectivity index (χ4v) is 2.04. The van der Waals surface area contributed by atoms with Crippen molar-refractivity contribution in [3.63, 3.8) is 0 Å². The molecule has 1 aliphatic carbocycles. The van der Waals surface area contributed by atoms with E-state index in [1.54, 1.807) is 0 Å². The Morgan fingerprint density at radius 3 is 2.37 bits per heavy atom. The Morgan fingerprint density at radius 2 is 1.89 bits per heavy atom. The van der Waals surface area contributed by atoms with Crippen LogP contribution in [0.2, 0.25) is 0 Å². The summed E-state index contributed by atoms with van der Waals surface area (Å²) in [5.74, 6) is 0.707. The fourth-order valence-electron chi connectivity index (χ4n) is 2.04. The molecule has 0 aromatic heterocycles. The van der Waals surface area contributed by atoms with Crippen LogP contribution in [0.4, 0.5) is 0 Å². The molecular formula is C16H24N2O. The molecule has 0 saturated heterocycles. The molecule has 2 N–H and O–H groups in total. The van der Waals surface area contributed by atoms with E-state index in [0.29, 0.717) is 12.0 Å². The van der Waals surface area contributed by atoms with Crippen LogP contribution in [-0.2, 0) is 11.2 Å². The van der Waals surface area contributed by atoms with Gasteiger partial charge in [-0.05, 0) is 37.5 Å². The molecule has 3 nitrogen and oxygen atoms in total. The third kappa shape index (κ3) is 5.25. The van der Waals surface area contributed by atoms with Gasteiger partial charge in [-0.1, -0.05) is 44.2 Å². The molecule has 3 heteroatoms. The first-order valence-electron chi connectivity index (χ1n) is 6.86. The highest BCUT2D eigenvalue weighted by molar-refractivity contribution is 5.79. The molecular weight excluding hydrogens is 236 g/mol. The predicted octanol–water partition coefficient (Wildman–Crippen LogP) is 3.05. The Bertz CT molecular complexity index is 385. The van der Waals surface area contributed by atoms with Crippen LogP contribution < -0.4 is 5.32 Å². The summed E-state index contributed by atoms with van der Waals surface area (Å²) < 4.78 is 0. The summed E-state index contributed by atoms with van der Waals surface area (Å²) in [4.78, 5) is 12.1. The molecule has 1 aromatic carbocycles. The van der Waals surface area contributed by atoms with Gasteiger partial charge in [-0.3, -0.25) is 4.79 Å². The van der Waals surface area contributed by atoms with E-state index in [9.17, 15) is 4.79 Å². The Hall–Kier alpha value is -1.64. The van der Waals surface area contributed by atoms with Crippen LogP contribution in [0.15, 0.2) is 30.3 Å². The van der Waals surface area contributed by atoms with Gasteiger partial charge in [0.25, 0.3) is 0 Å². The van der Waals surface area contributed by atoms with E-state index >= 15 is 0 Å². The smallest absolute Gasteiger partial charge is 0.223 e. The fraction of sp³-hybridized carbons (Fsp3) is 0.500. The number of nitrogens with one attached hydrogen (secondary N) is 2. The van der Waals surface area contributed by atoms with Crippen molar-refractivity contribution in [3.8, 4) is 0 Å². The van der Waals surface area contributed by atoms with Crippen LogP contribution in [-0.4, -0.2) is 18.7 Å². The molecule has 1 fully saturated rings. The van der Waals surface area contributed by atoms with E-state index < -0.39 is 0 Å². The highest BCUT2D eigenvalue weighted by atomic mass is 16.2. The second kappa shape index (κ2) is 7.72.